The van der Waals surface area contributed by atoms with Gasteiger partial charge in [-0.25, -0.2) is 4.39 Å². The zero-order chi connectivity index (χ0) is 27.7. The molecule has 1 aromatic heterocycles. The fourth-order valence-electron chi connectivity index (χ4n) is 3.40. The van der Waals surface area contributed by atoms with E-state index in [0.717, 1.165) is 18.2 Å². The minimum absolute atomic E-state index is 0.0540. The molecule has 198 valence electrons. The minimum Gasteiger partial charge on any atom is -0.457 e. The average molecular weight is 552 g/mol. The minimum atomic E-state index is -4.77. The molecule has 0 atom stereocenters. The summed E-state index contributed by atoms with van der Waals surface area (Å²) < 4.78 is 64.6. The highest BCUT2D eigenvalue weighted by Gasteiger charge is 2.58. The van der Waals surface area contributed by atoms with E-state index in [-0.39, 0.29) is 35.7 Å². The van der Waals surface area contributed by atoms with Crippen LogP contribution in [0.5, 0.6) is 17.2 Å². The molecule has 1 heterocycles. The predicted molar refractivity (Wildman–Crippen MR) is 126 cm³/mol. The summed E-state index contributed by atoms with van der Waals surface area (Å²) in [6.07, 6.45) is -3.30. The normalized spacial score (nSPS) is 13.8. The summed E-state index contributed by atoms with van der Waals surface area (Å²) in [4.78, 5) is 41.1. The van der Waals surface area contributed by atoms with Gasteiger partial charge in [-0.3, -0.25) is 19.4 Å². The Kier molecular flexibility index (Phi) is 7.27. The zero-order valence-electron chi connectivity index (χ0n) is 19.5. The van der Waals surface area contributed by atoms with E-state index in [1.165, 1.54) is 37.5 Å². The third-order valence-corrected chi connectivity index (χ3v) is 5.97. The molecule has 8 nitrogen and oxygen atoms in total. The van der Waals surface area contributed by atoms with Gasteiger partial charge in [-0.1, -0.05) is 11.6 Å². The Morgan fingerprint density at radius 1 is 1.00 bits per heavy atom. The van der Waals surface area contributed by atoms with E-state index in [2.05, 4.69) is 15.6 Å². The Labute approximate surface area is 217 Å². The molecule has 0 unspecified atom stereocenters. The maximum Gasteiger partial charge on any atom is 0.417 e. The van der Waals surface area contributed by atoms with Gasteiger partial charge in [0.05, 0.1) is 16.3 Å². The Balaban J connectivity index is 1.44. The van der Waals surface area contributed by atoms with Gasteiger partial charge in [-0.2, -0.15) is 13.2 Å². The van der Waals surface area contributed by atoms with E-state index in [1.54, 1.807) is 0 Å². The van der Waals surface area contributed by atoms with Crippen LogP contribution in [0.15, 0.2) is 54.7 Å². The monoisotopic (exact) mass is 551 g/mol. The van der Waals surface area contributed by atoms with Gasteiger partial charge in [0, 0.05) is 25.4 Å². The number of anilines is 1. The van der Waals surface area contributed by atoms with Crippen LogP contribution in [-0.2, 0) is 15.8 Å². The van der Waals surface area contributed by atoms with E-state index in [1.807, 2.05) is 0 Å². The maximum atomic E-state index is 14.7. The number of ether oxygens (including phenoxy) is 2. The number of carbonyl (C=O) groups is 3. The van der Waals surface area contributed by atoms with E-state index < -0.39 is 51.5 Å². The van der Waals surface area contributed by atoms with Gasteiger partial charge < -0.3 is 20.1 Å². The topological polar surface area (TPSA) is 107 Å². The number of pyridine rings is 1. The molecule has 0 aliphatic heterocycles. The molecule has 3 aromatic rings. The van der Waals surface area contributed by atoms with Gasteiger partial charge in [-0.15, -0.1) is 0 Å². The van der Waals surface area contributed by atoms with Gasteiger partial charge >= 0.3 is 12.1 Å². The number of nitrogens with zero attached hydrogens (tertiary/aromatic N) is 1. The van der Waals surface area contributed by atoms with E-state index in [0.29, 0.717) is 6.07 Å². The molecular weight excluding hydrogens is 534 g/mol. The molecular formula is C25H18ClF4N3O5. The van der Waals surface area contributed by atoms with Crippen molar-refractivity contribution in [2.45, 2.75) is 19.0 Å². The number of hydrogen-bond acceptors (Lipinski definition) is 6. The van der Waals surface area contributed by atoms with Crippen molar-refractivity contribution in [3.05, 3.63) is 76.8 Å². The first-order chi connectivity index (χ1) is 17.9. The lowest BCUT2D eigenvalue weighted by Gasteiger charge is -2.16. The van der Waals surface area contributed by atoms with Crippen LogP contribution in [0, 0.1) is 11.2 Å². The number of halogens is 5. The maximum absolute atomic E-state index is 14.7. The second kappa shape index (κ2) is 10.3. The van der Waals surface area contributed by atoms with Crippen molar-refractivity contribution in [1.82, 2.24) is 10.3 Å². The quantitative estimate of drug-likeness (QED) is 0.177. The van der Waals surface area contributed by atoms with Crippen LogP contribution in [0.2, 0.25) is 5.02 Å². The van der Waals surface area contributed by atoms with Crippen molar-refractivity contribution >= 4 is 35.1 Å². The predicted octanol–water partition coefficient (Wildman–Crippen LogP) is 5.37. The Morgan fingerprint density at radius 3 is 2.32 bits per heavy atom. The lowest BCUT2D eigenvalue weighted by atomic mass is 10.1. The Morgan fingerprint density at radius 2 is 1.68 bits per heavy atom. The van der Waals surface area contributed by atoms with Crippen LogP contribution in [0.4, 0.5) is 23.2 Å². The SMILES string of the molecule is CNC(=O)c1cc(Oc2ccc(NC(=O)C3(C(=O)Oc4ccc(Cl)c(C(F)(F)F)c4)CC3)c(F)c2)ccn1. The van der Waals surface area contributed by atoms with Crippen molar-refractivity contribution in [2.24, 2.45) is 5.41 Å². The Bertz CT molecular complexity index is 1430. The van der Waals surface area contributed by atoms with E-state index in [4.69, 9.17) is 21.1 Å². The third kappa shape index (κ3) is 5.70. The van der Waals surface area contributed by atoms with Gasteiger partial charge in [-0.05, 0) is 49.2 Å². The number of nitrogens with one attached hydrogen (secondary N) is 2. The lowest BCUT2D eigenvalue weighted by Crippen LogP contribution is -2.34. The number of aromatic nitrogens is 1. The lowest BCUT2D eigenvalue weighted by molar-refractivity contribution is -0.145. The molecule has 1 aliphatic carbocycles. The number of esters is 1. The van der Waals surface area contributed by atoms with Crippen LogP contribution < -0.4 is 20.1 Å². The molecule has 38 heavy (non-hydrogen) atoms. The van der Waals surface area contributed by atoms with Gasteiger partial charge in [0.15, 0.2) is 0 Å². The number of alkyl halides is 3. The summed E-state index contributed by atoms with van der Waals surface area (Å²) in [6.45, 7) is 0. The van der Waals surface area contributed by atoms with E-state index >= 15 is 0 Å². The number of amides is 2. The first kappa shape index (κ1) is 26.9. The fraction of sp³-hybridized carbons (Fsp3) is 0.200. The first-order valence-corrected chi connectivity index (χ1v) is 11.4. The van der Waals surface area contributed by atoms with Crippen LogP contribution in [0.1, 0.15) is 28.9 Å². The molecule has 13 heteroatoms. The second-order valence-electron chi connectivity index (χ2n) is 8.26. The van der Waals surface area contributed by atoms with Crippen molar-refractivity contribution in [1.29, 1.82) is 0 Å². The summed E-state index contributed by atoms with van der Waals surface area (Å²) in [7, 11) is 1.44. The van der Waals surface area contributed by atoms with Crippen LogP contribution >= 0.6 is 11.6 Å². The van der Waals surface area contributed by atoms with Crippen molar-refractivity contribution in [2.75, 3.05) is 12.4 Å². The smallest absolute Gasteiger partial charge is 0.417 e. The molecule has 1 aliphatic rings. The standard InChI is InChI=1S/C25H18ClF4N3O5/c1-31-21(34)20-12-15(6-9-32-20)37-14-3-5-19(18(27)11-14)33-22(35)24(7-8-24)23(36)38-13-2-4-17(26)16(10-13)25(28,29)30/h2-6,9-12H,7-8H2,1H3,(H,31,34)(H,33,35). The molecule has 0 bridgehead atoms. The summed E-state index contributed by atoms with van der Waals surface area (Å²) in [5.74, 6) is -3.44. The first-order valence-electron chi connectivity index (χ1n) is 11.0. The summed E-state index contributed by atoms with van der Waals surface area (Å²) >= 11 is 5.57. The Hall–Kier alpha value is -4.19. The number of rotatable bonds is 7. The van der Waals surface area contributed by atoms with Crippen LogP contribution in [0.3, 0.4) is 0 Å². The van der Waals surface area contributed by atoms with Crippen LogP contribution in [-0.4, -0.2) is 29.8 Å². The number of hydrogen-bond donors (Lipinski definition) is 2. The van der Waals surface area contributed by atoms with Gasteiger partial charge in [0.1, 0.15) is 34.2 Å². The average Bonchev–Trinajstić information content (AvgIpc) is 3.68. The molecule has 1 fully saturated rings. The molecule has 2 amide bonds. The molecule has 4 rings (SSSR count). The highest BCUT2D eigenvalue weighted by Crippen LogP contribution is 2.48. The van der Waals surface area contributed by atoms with Gasteiger partial charge in [0.2, 0.25) is 5.91 Å². The summed E-state index contributed by atoms with van der Waals surface area (Å²) in [5, 5.41) is 4.15. The zero-order valence-corrected chi connectivity index (χ0v) is 20.2. The third-order valence-electron chi connectivity index (χ3n) is 5.64. The molecule has 2 aromatic carbocycles. The number of benzene rings is 2. The van der Waals surface area contributed by atoms with E-state index in [9.17, 15) is 31.9 Å². The molecule has 0 spiro atoms. The highest BCUT2D eigenvalue weighted by molar-refractivity contribution is 6.31. The molecule has 0 saturated heterocycles. The molecule has 1 saturated carbocycles. The highest BCUT2D eigenvalue weighted by atomic mass is 35.5. The van der Waals surface area contributed by atoms with Crippen molar-refractivity contribution in [3.8, 4) is 17.2 Å². The van der Waals surface area contributed by atoms with Crippen molar-refractivity contribution in [3.63, 3.8) is 0 Å². The molecule has 0 radical (unpaired) electrons. The largest absolute Gasteiger partial charge is 0.457 e. The van der Waals surface area contributed by atoms with Crippen molar-refractivity contribution < 1.29 is 41.4 Å². The fourth-order valence-corrected chi connectivity index (χ4v) is 3.63. The molecule has 2 N–H and O–H groups in total. The van der Waals surface area contributed by atoms with Crippen LogP contribution in [0.25, 0.3) is 0 Å². The summed E-state index contributed by atoms with van der Waals surface area (Å²) in [5.41, 5.74) is -3.04. The summed E-state index contributed by atoms with van der Waals surface area (Å²) in [6, 6.07) is 8.92. The van der Waals surface area contributed by atoms with Gasteiger partial charge in [0.25, 0.3) is 5.91 Å². The second-order valence-corrected chi connectivity index (χ2v) is 8.67. The number of carbonyl (C=O) groups excluding carboxylic acids is 3.